The molecule has 2 atom stereocenters. The molecule has 2 N–H and O–H groups in total. The Balaban J connectivity index is 1.98. The van der Waals surface area contributed by atoms with Gasteiger partial charge in [-0.2, -0.15) is 0 Å². The largest absolute Gasteiger partial charge is 0.356 e. The third-order valence-corrected chi connectivity index (χ3v) is 5.44. The fourth-order valence-electron chi connectivity index (χ4n) is 2.71. The van der Waals surface area contributed by atoms with Crippen LogP contribution in [-0.4, -0.2) is 44.0 Å². The van der Waals surface area contributed by atoms with Crippen LogP contribution in [0.15, 0.2) is 0 Å². The van der Waals surface area contributed by atoms with Gasteiger partial charge in [0.1, 0.15) is 0 Å². The molecule has 6 heteroatoms. The van der Waals surface area contributed by atoms with Crippen LogP contribution in [-0.2, 0) is 14.6 Å². The van der Waals surface area contributed by atoms with Gasteiger partial charge in [-0.25, -0.2) is 8.42 Å². The Labute approximate surface area is 102 Å². The van der Waals surface area contributed by atoms with E-state index < -0.39 is 9.84 Å². The monoisotopic (exact) mass is 260 g/mol. The molecule has 2 saturated heterocycles. The molecular weight excluding hydrogens is 240 g/mol. The quantitative estimate of drug-likeness (QED) is 0.722. The molecule has 0 aromatic rings. The number of carbonyl (C=O) groups excluding carboxylic acids is 1. The normalized spacial score (nSPS) is 37.5. The molecule has 2 unspecified atom stereocenters. The van der Waals surface area contributed by atoms with E-state index >= 15 is 0 Å². The maximum atomic E-state index is 11.5. The SMILES string of the molecule is CC1(NC2CCCNC(=O)C2)CCS(=O)(=O)C1. The predicted molar refractivity (Wildman–Crippen MR) is 65.5 cm³/mol. The number of carbonyl (C=O) groups is 1. The third-order valence-electron chi connectivity index (χ3n) is 3.54. The number of amides is 1. The van der Waals surface area contributed by atoms with Crippen LogP contribution in [0.4, 0.5) is 0 Å². The lowest BCUT2D eigenvalue weighted by atomic mass is 9.98. The molecular formula is C11H20N2O3S. The Bertz CT molecular complexity index is 407. The van der Waals surface area contributed by atoms with E-state index in [1.165, 1.54) is 0 Å². The van der Waals surface area contributed by atoms with Crippen molar-refractivity contribution in [3.8, 4) is 0 Å². The Morgan fingerprint density at radius 2 is 2.24 bits per heavy atom. The highest BCUT2D eigenvalue weighted by molar-refractivity contribution is 7.91. The van der Waals surface area contributed by atoms with Crippen LogP contribution in [0.1, 0.15) is 32.6 Å². The van der Waals surface area contributed by atoms with Crippen LogP contribution in [0.5, 0.6) is 0 Å². The van der Waals surface area contributed by atoms with Crippen molar-refractivity contribution in [2.45, 2.75) is 44.2 Å². The van der Waals surface area contributed by atoms with Crippen molar-refractivity contribution in [2.24, 2.45) is 0 Å². The first-order valence-corrected chi connectivity index (χ1v) is 7.96. The van der Waals surface area contributed by atoms with Gasteiger partial charge < -0.3 is 10.6 Å². The minimum Gasteiger partial charge on any atom is -0.356 e. The summed E-state index contributed by atoms with van der Waals surface area (Å²) >= 11 is 0. The molecule has 2 fully saturated rings. The second-order valence-corrected chi connectivity index (χ2v) is 7.62. The van der Waals surface area contributed by atoms with Crippen LogP contribution in [0, 0.1) is 0 Å². The first-order valence-electron chi connectivity index (χ1n) is 6.13. The summed E-state index contributed by atoms with van der Waals surface area (Å²) in [6.45, 7) is 2.67. The molecule has 2 heterocycles. The van der Waals surface area contributed by atoms with Gasteiger partial charge in [-0.15, -0.1) is 0 Å². The zero-order valence-electron chi connectivity index (χ0n) is 10.2. The van der Waals surface area contributed by atoms with E-state index in [2.05, 4.69) is 10.6 Å². The molecule has 0 aliphatic carbocycles. The summed E-state index contributed by atoms with van der Waals surface area (Å²) in [6, 6.07) is 0.107. The predicted octanol–water partition coefficient (Wildman–Crippen LogP) is -0.178. The van der Waals surface area contributed by atoms with Gasteiger partial charge in [0.2, 0.25) is 5.91 Å². The van der Waals surface area contributed by atoms with Crippen molar-refractivity contribution in [1.29, 1.82) is 0 Å². The van der Waals surface area contributed by atoms with Crippen molar-refractivity contribution >= 4 is 15.7 Å². The van der Waals surface area contributed by atoms with Crippen molar-refractivity contribution in [3.05, 3.63) is 0 Å². The van der Waals surface area contributed by atoms with Gasteiger partial charge in [0.25, 0.3) is 0 Å². The summed E-state index contributed by atoms with van der Waals surface area (Å²) in [5.41, 5.74) is -0.353. The van der Waals surface area contributed by atoms with Gasteiger partial charge in [-0.1, -0.05) is 0 Å². The van der Waals surface area contributed by atoms with Crippen LogP contribution < -0.4 is 10.6 Å². The maximum Gasteiger partial charge on any atom is 0.221 e. The smallest absolute Gasteiger partial charge is 0.221 e. The summed E-state index contributed by atoms with van der Waals surface area (Å²) in [7, 11) is -2.89. The van der Waals surface area contributed by atoms with Gasteiger partial charge in [-0.05, 0) is 26.2 Å². The number of hydrogen-bond acceptors (Lipinski definition) is 4. The Kier molecular flexibility index (Phi) is 3.45. The van der Waals surface area contributed by atoms with Crippen LogP contribution in [0.2, 0.25) is 0 Å². The molecule has 0 radical (unpaired) electrons. The topological polar surface area (TPSA) is 75.3 Å². The van der Waals surface area contributed by atoms with Gasteiger partial charge in [0.05, 0.1) is 11.5 Å². The maximum absolute atomic E-state index is 11.5. The van der Waals surface area contributed by atoms with E-state index in [1.807, 2.05) is 6.92 Å². The van der Waals surface area contributed by atoms with E-state index in [-0.39, 0.29) is 29.0 Å². The minimum absolute atomic E-state index is 0.0597. The van der Waals surface area contributed by atoms with E-state index in [0.29, 0.717) is 12.8 Å². The van der Waals surface area contributed by atoms with Gasteiger partial charge in [0.15, 0.2) is 9.84 Å². The summed E-state index contributed by atoms with van der Waals surface area (Å²) in [6.07, 6.45) is 2.98. The molecule has 2 aliphatic heterocycles. The van der Waals surface area contributed by atoms with Crippen molar-refractivity contribution in [2.75, 3.05) is 18.1 Å². The lowest BCUT2D eigenvalue weighted by Crippen LogP contribution is -2.49. The molecule has 2 rings (SSSR count). The molecule has 0 aromatic carbocycles. The van der Waals surface area contributed by atoms with Crippen LogP contribution in [0.25, 0.3) is 0 Å². The molecule has 5 nitrogen and oxygen atoms in total. The first kappa shape index (κ1) is 12.8. The first-order chi connectivity index (χ1) is 7.89. The number of hydrogen-bond donors (Lipinski definition) is 2. The highest BCUT2D eigenvalue weighted by atomic mass is 32.2. The van der Waals surface area contributed by atoms with Crippen molar-refractivity contribution in [3.63, 3.8) is 0 Å². The van der Waals surface area contributed by atoms with Crippen molar-refractivity contribution in [1.82, 2.24) is 10.6 Å². The van der Waals surface area contributed by atoms with Crippen LogP contribution >= 0.6 is 0 Å². The summed E-state index contributed by atoms with van der Waals surface area (Å²) in [5, 5.41) is 6.21. The fourth-order valence-corrected chi connectivity index (χ4v) is 4.82. The molecule has 0 saturated carbocycles. The lowest BCUT2D eigenvalue weighted by Gasteiger charge is -2.29. The standard InChI is InChI=1S/C11H20N2O3S/c1-11(4-6-17(15,16)8-11)13-9-3-2-5-12-10(14)7-9/h9,13H,2-8H2,1H3,(H,12,14). The van der Waals surface area contributed by atoms with Crippen LogP contribution in [0.3, 0.4) is 0 Å². The Morgan fingerprint density at radius 1 is 1.47 bits per heavy atom. The number of sulfone groups is 1. The number of rotatable bonds is 2. The molecule has 0 spiro atoms. The van der Waals surface area contributed by atoms with E-state index in [9.17, 15) is 13.2 Å². The van der Waals surface area contributed by atoms with Gasteiger partial charge >= 0.3 is 0 Å². The third kappa shape index (κ3) is 3.42. The van der Waals surface area contributed by atoms with Gasteiger partial charge in [0, 0.05) is 24.5 Å². The van der Waals surface area contributed by atoms with E-state index in [4.69, 9.17) is 0 Å². The zero-order valence-corrected chi connectivity index (χ0v) is 11.0. The summed E-state index contributed by atoms with van der Waals surface area (Å²) in [5.74, 6) is 0.512. The minimum atomic E-state index is -2.89. The molecule has 0 aromatic heterocycles. The van der Waals surface area contributed by atoms with Gasteiger partial charge in [-0.3, -0.25) is 4.79 Å². The molecule has 98 valence electrons. The molecule has 1 amide bonds. The highest BCUT2D eigenvalue weighted by Gasteiger charge is 2.39. The second kappa shape index (κ2) is 4.57. The Hall–Kier alpha value is -0.620. The lowest BCUT2D eigenvalue weighted by molar-refractivity contribution is -0.121. The zero-order chi connectivity index (χ0) is 12.5. The fraction of sp³-hybridized carbons (Fsp3) is 0.909. The molecule has 17 heavy (non-hydrogen) atoms. The molecule has 0 bridgehead atoms. The second-order valence-electron chi connectivity index (χ2n) is 5.44. The van der Waals surface area contributed by atoms with E-state index in [1.54, 1.807) is 0 Å². The van der Waals surface area contributed by atoms with E-state index in [0.717, 1.165) is 19.4 Å². The van der Waals surface area contributed by atoms with Crippen molar-refractivity contribution < 1.29 is 13.2 Å². The Morgan fingerprint density at radius 3 is 2.88 bits per heavy atom. The average molecular weight is 260 g/mol. The summed E-state index contributed by atoms with van der Waals surface area (Å²) < 4.78 is 23.0. The molecule has 2 aliphatic rings. The average Bonchev–Trinajstić information content (AvgIpc) is 2.36. The number of nitrogens with one attached hydrogen (secondary N) is 2. The highest BCUT2D eigenvalue weighted by Crippen LogP contribution is 2.24. The summed E-state index contributed by atoms with van der Waals surface area (Å²) in [4.78, 5) is 11.4.